The first kappa shape index (κ1) is 14.6. The zero-order valence-corrected chi connectivity index (χ0v) is 12.6. The van der Waals surface area contributed by atoms with Crippen molar-refractivity contribution in [3.63, 3.8) is 0 Å². The van der Waals surface area contributed by atoms with Crippen LogP contribution in [-0.4, -0.2) is 9.55 Å². The second-order valence-electron chi connectivity index (χ2n) is 4.33. The topological polar surface area (TPSA) is 17.8 Å². The van der Waals surface area contributed by atoms with E-state index in [-0.39, 0.29) is 21.6 Å². The molecule has 0 fully saturated rings. The van der Waals surface area contributed by atoms with Crippen LogP contribution in [0.15, 0.2) is 30.3 Å². The van der Waals surface area contributed by atoms with Crippen molar-refractivity contribution in [2.75, 3.05) is 0 Å². The van der Waals surface area contributed by atoms with Crippen LogP contribution in [0.25, 0.3) is 16.7 Å². The zero-order chi connectivity index (χ0) is 15.1. The van der Waals surface area contributed by atoms with Gasteiger partial charge in [0, 0.05) is 6.07 Å². The molecule has 108 valence electrons. The Kier molecular flexibility index (Phi) is 3.78. The second-order valence-corrected chi connectivity index (χ2v) is 5.41. The highest BCUT2D eigenvalue weighted by atomic mass is 35.5. The van der Waals surface area contributed by atoms with Crippen LogP contribution < -0.4 is 0 Å². The Morgan fingerprint density at radius 1 is 1.10 bits per heavy atom. The lowest BCUT2D eigenvalue weighted by atomic mass is 10.2. The molecule has 0 aliphatic carbocycles. The third-order valence-electron chi connectivity index (χ3n) is 3.06. The molecule has 0 radical (unpaired) electrons. The molecule has 0 atom stereocenters. The molecule has 0 saturated heterocycles. The van der Waals surface area contributed by atoms with Gasteiger partial charge in [0.15, 0.2) is 5.82 Å². The fraction of sp³-hybridized carbons (Fsp3) is 0.0714. The molecule has 0 N–H and O–H groups in total. The molecule has 0 aliphatic rings. The number of nitrogens with zero attached hydrogens (tertiary/aromatic N) is 2. The van der Waals surface area contributed by atoms with E-state index >= 15 is 0 Å². The van der Waals surface area contributed by atoms with E-state index in [1.54, 1.807) is 6.07 Å². The van der Waals surface area contributed by atoms with Gasteiger partial charge in [0.05, 0.1) is 32.6 Å². The van der Waals surface area contributed by atoms with Gasteiger partial charge in [-0.15, -0.1) is 11.6 Å². The fourth-order valence-electron chi connectivity index (χ4n) is 2.15. The maximum absolute atomic E-state index is 14.2. The lowest BCUT2D eigenvalue weighted by Gasteiger charge is -2.10. The van der Waals surface area contributed by atoms with E-state index in [9.17, 15) is 8.78 Å². The lowest BCUT2D eigenvalue weighted by Crippen LogP contribution is -2.02. The molecule has 3 rings (SSSR count). The third-order valence-corrected chi connectivity index (χ3v) is 3.88. The summed E-state index contributed by atoms with van der Waals surface area (Å²) in [6, 6.07) is 7.11. The number of alkyl halides is 1. The van der Waals surface area contributed by atoms with E-state index in [0.717, 1.165) is 0 Å². The van der Waals surface area contributed by atoms with Gasteiger partial charge in [0.25, 0.3) is 0 Å². The van der Waals surface area contributed by atoms with Crippen LogP contribution in [0.2, 0.25) is 10.0 Å². The number of halogens is 5. The van der Waals surface area contributed by atoms with Gasteiger partial charge in [-0.25, -0.2) is 13.8 Å². The number of benzene rings is 2. The van der Waals surface area contributed by atoms with E-state index in [1.807, 2.05) is 0 Å². The Balaban J connectivity index is 2.40. The molecule has 0 unspecified atom stereocenters. The first-order valence-electron chi connectivity index (χ1n) is 5.89. The summed E-state index contributed by atoms with van der Waals surface area (Å²) in [6.07, 6.45) is 0. The molecule has 21 heavy (non-hydrogen) atoms. The Morgan fingerprint density at radius 2 is 1.86 bits per heavy atom. The maximum Gasteiger partial charge on any atom is 0.165 e. The van der Waals surface area contributed by atoms with E-state index in [2.05, 4.69) is 4.98 Å². The number of imidazole rings is 1. The summed E-state index contributed by atoms with van der Waals surface area (Å²) in [7, 11) is 0. The first-order valence-corrected chi connectivity index (χ1v) is 7.18. The smallest absolute Gasteiger partial charge is 0.165 e. The summed E-state index contributed by atoms with van der Waals surface area (Å²) in [6.45, 7) is 0. The molecule has 0 bridgehead atoms. The first-order chi connectivity index (χ1) is 10.0. The van der Waals surface area contributed by atoms with Gasteiger partial charge >= 0.3 is 0 Å². The maximum atomic E-state index is 14.2. The molecule has 7 heteroatoms. The number of hydrogen-bond donors (Lipinski definition) is 0. The van der Waals surface area contributed by atoms with Gasteiger partial charge in [0.1, 0.15) is 11.6 Å². The van der Waals surface area contributed by atoms with Crippen molar-refractivity contribution in [1.29, 1.82) is 0 Å². The molecule has 0 saturated carbocycles. The minimum Gasteiger partial charge on any atom is -0.292 e. The van der Waals surface area contributed by atoms with Crippen LogP contribution in [0, 0.1) is 11.6 Å². The molecule has 1 aromatic heterocycles. The highest BCUT2D eigenvalue weighted by Crippen LogP contribution is 2.30. The standard InChI is InChI=1S/C14H7Cl3F2N2/c15-6-13-20-10-4-8(17)9(18)5-12(10)21(13)11-3-1-2-7(16)14(11)19/h1-5H,6H2. The van der Waals surface area contributed by atoms with Crippen LogP contribution >= 0.6 is 34.8 Å². The number of rotatable bonds is 2. The van der Waals surface area contributed by atoms with Crippen molar-refractivity contribution in [3.8, 4) is 5.69 Å². The summed E-state index contributed by atoms with van der Waals surface area (Å²) in [5, 5.41) is -0.0934. The Hall–Kier alpha value is -1.36. The van der Waals surface area contributed by atoms with E-state index in [4.69, 9.17) is 34.8 Å². The lowest BCUT2D eigenvalue weighted by molar-refractivity contribution is 0.617. The van der Waals surface area contributed by atoms with E-state index in [1.165, 1.54) is 28.8 Å². The number of hydrogen-bond acceptors (Lipinski definition) is 1. The van der Waals surface area contributed by atoms with Gasteiger partial charge in [-0.2, -0.15) is 0 Å². The van der Waals surface area contributed by atoms with Crippen LogP contribution in [-0.2, 0) is 5.88 Å². The molecule has 2 nitrogen and oxygen atoms in total. The minimum absolute atomic E-state index is 0.0277. The summed E-state index contributed by atoms with van der Waals surface area (Å²) < 4.78 is 29.4. The van der Waals surface area contributed by atoms with Crippen LogP contribution in [0.1, 0.15) is 5.82 Å². The highest BCUT2D eigenvalue weighted by molar-refractivity contribution is 6.31. The molecule has 0 spiro atoms. The van der Waals surface area contributed by atoms with Gasteiger partial charge in [-0.1, -0.05) is 29.3 Å². The van der Waals surface area contributed by atoms with Gasteiger partial charge in [-0.05, 0) is 18.2 Å². The predicted molar refractivity (Wildman–Crippen MR) is 80.6 cm³/mol. The van der Waals surface area contributed by atoms with Crippen molar-refractivity contribution in [1.82, 2.24) is 9.55 Å². The minimum atomic E-state index is -0.625. The second kappa shape index (κ2) is 5.44. The van der Waals surface area contributed by atoms with Crippen LogP contribution in [0.3, 0.4) is 0 Å². The summed E-state index contributed by atoms with van der Waals surface area (Å²) in [5.41, 5.74) is 0.951. The highest BCUT2D eigenvalue weighted by Gasteiger charge is 2.18. The SMILES string of the molecule is Fc1cc2c(cc1Cl)nc(CCl)n2-c1cccc(Cl)c1F. The van der Waals surface area contributed by atoms with Crippen molar-refractivity contribution in [2.24, 2.45) is 0 Å². The molecular weight excluding hydrogens is 341 g/mol. The molecule has 0 amide bonds. The fourth-order valence-corrected chi connectivity index (χ4v) is 2.65. The third kappa shape index (κ3) is 2.37. The Bertz CT molecular complexity index is 846. The van der Waals surface area contributed by atoms with Gasteiger partial charge in [0.2, 0.25) is 0 Å². The summed E-state index contributed by atoms with van der Waals surface area (Å²) >= 11 is 17.4. The van der Waals surface area contributed by atoms with E-state index in [0.29, 0.717) is 16.9 Å². The summed E-state index contributed by atoms with van der Waals surface area (Å²) in [5.74, 6) is -0.844. The average Bonchev–Trinajstić information content (AvgIpc) is 2.80. The predicted octanol–water partition coefficient (Wildman–Crippen LogP) is 5.35. The van der Waals surface area contributed by atoms with Crippen molar-refractivity contribution in [2.45, 2.75) is 5.88 Å². The molecule has 1 heterocycles. The van der Waals surface area contributed by atoms with E-state index < -0.39 is 11.6 Å². The Labute approximate surface area is 133 Å². The molecule has 2 aromatic carbocycles. The van der Waals surface area contributed by atoms with Crippen LogP contribution in [0.5, 0.6) is 0 Å². The van der Waals surface area contributed by atoms with Crippen molar-refractivity contribution < 1.29 is 8.78 Å². The monoisotopic (exact) mass is 346 g/mol. The van der Waals surface area contributed by atoms with Crippen LogP contribution in [0.4, 0.5) is 8.78 Å². The molecule has 0 aliphatic heterocycles. The quantitative estimate of drug-likeness (QED) is 0.571. The van der Waals surface area contributed by atoms with Crippen molar-refractivity contribution in [3.05, 3.63) is 57.8 Å². The van der Waals surface area contributed by atoms with Gasteiger partial charge in [-0.3, -0.25) is 4.57 Å². The van der Waals surface area contributed by atoms with Gasteiger partial charge < -0.3 is 0 Å². The Morgan fingerprint density at radius 3 is 2.57 bits per heavy atom. The average molecular weight is 348 g/mol. The zero-order valence-electron chi connectivity index (χ0n) is 10.4. The molecule has 3 aromatic rings. The largest absolute Gasteiger partial charge is 0.292 e. The number of fused-ring (bicyclic) bond motifs is 1. The van der Waals surface area contributed by atoms with Crippen molar-refractivity contribution >= 4 is 45.8 Å². The summed E-state index contributed by atoms with van der Waals surface area (Å²) in [4.78, 5) is 4.25. The normalized spacial score (nSPS) is 11.3. The number of aromatic nitrogens is 2. The molecular formula is C14H7Cl3F2N2.